The van der Waals surface area contributed by atoms with Crippen LogP contribution in [0.3, 0.4) is 0 Å². The Morgan fingerprint density at radius 2 is 0.882 bits per heavy atom. The summed E-state index contributed by atoms with van der Waals surface area (Å²) in [4.78, 5) is 41.4. The molecule has 4 heterocycles. The molecule has 0 saturated heterocycles. The van der Waals surface area contributed by atoms with Crippen molar-refractivity contribution in [3.8, 4) is 0 Å². The Bertz CT molecular complexity index is 1740. The van der Waals surface area contributed by atoms with Gasteiger partial charge in [-0.25, -0.2) is 19.6 Å². The van der Waals surface area contributed by atoms with Gasteiger partial charge in [0.1, 0.15) is 10.3 Å². The first-order chi connectivity index (χ1) is 23.6. The normalized spacial score (nSPS) is 20.5. The number of carbonyl (C=O) groups excluding carboxylic acids is 2. The quantitative estimate of drug-likeness (QED) is 0.121. The molecule has 0 aromatic heterocycles. The summed E-state index contributed by atoms with van der Waals surface area (Å²) < 4.78 is 20.3. The van der Waals surface area contributed by atoms with Crippen LogP contribution in [0.15, 0.2) is 110 Å². The first kappa shape index (κ1) is 43.0. The van der Waals surface area contributed by atoms with Crippen molar-refractivity contribution in [3.63, 3.8) is 0 Å². The van der Waals surface area contributed by atoms with Crippen molar-refractivity contribution in [1.82, 2.24) is 0 Å². The number of nitrogens with zero attached hydrogens (tertiary/aromatic N) is 4. The maximum Gasteiger partial charge on any atom is 2.00 e. The largest absolute Gasteiger partial charge is 2.00 e. The molecule has 12 nitrogen and oxygen atoms in total. The van der Waals surface area contributed by atoms with Gasteiger partial charge in [-0.1, -0.05) is 37.0 Å². The van der Waals surface area contributed by atoms with Gasteiger partial charge in [-0.15, -0.1) is 0 Å². The van der Waals surface area contributed by atoms with Crippen molar-refractivity contribution in [2.45, 2.75) is 69.2 Å². The summed E-state index contributed by atoms with van der Waals surface area (Å²) in [6.07, 6.45) is 3.27. The van der Waals surface area contributed by atoms with E-state index in [-0.39, 0.29) is 53.8 Å². The maximum atomic E-state index is 12.2. The number of hydrogen-bond acceptors (Lipinski definition) is 12. The molecule has 1 radical (unpaired) electrons. The fourth-order valence-electron chi connectivity index (χ4n) is 5.20. The second-order valence-electron chi connectivity index (χ2n) is 10.9. The molecule has 4 aliphatic heterocycles. The molecule has 15 heteroatoms. The summed E-state index contributed by atoms with van der Waals surface area (Å²) in [7, 11) is 0. The van der Waals surface area contributed by atoms with E-state index in [1.807, 2.05) is 0 Å². The topological polar surface area (TPSA) is 167 Å². The van der Waals surface area contributed by atoms with Crippen molar-refractivity contribution in [2.24, 2.45) is 20.0 Å². The molecule has 0 fully saturated rings. The molecule has 0 N–H and O–H groups in total. The van der Waals surface area contributed by atoms with E-state index in [1.165, 1.54) is 0 Å². The van der Waals surface area contributed by atoms with Crippen molar-refractivity contribution in [2.75, 3.05) is 26.4 Å². The van der Waals surface area contributed by atoms with E-state index in [9.17, 15) is 19.8 Å². The first-order valence-electron chi connectivity index (χ1n) is 15.9. The van der Waals surface area contributed by atoms with E-state index < -0.39 is 23.8 Å². The molecule has 0 bridgehead atoms. The van der Waals surface area contributed by atoms with Crippen molar-refractivity contribution in [1.29, 1.82) is 0 Å². The fraction of sp³-hybridized carbons (Fsp3) is 0.389. The van der Waals surface area contributed by atoms with Crippen LogP contribution in [-0.2, 0) is 45.6 Å². The molecule has 0 unspecified atom stereocenters. The van der Waals surface area contributed by atoms with Gasteiger partial charge in [0.05, 0.1) is 70.5 Å². The van der Waals surface area contributed by atoms with E-state index >= 15 is 0 Å². The molecule has 4 aliphatic rings. The second kappa shape index (κ2) is 18.9. The van der Waals surface area contributed by atoms with Gasteiger partial charge in [0.15, 0.2) is 0 Å². The van der Waals surface area contributed by atoms with E-state index in [0.717, 1.165) is 0 Å². The molecule has 0 aromatic rings. The average Bonchev–Trinajstić information content (AvgIpc) is 3.69. The Morgan fingerprint density at radius 1 is 0.569 bits per heavy atom. The van der Waals surface area contributed by atoms with E-state index in [2.05, 4.69) is 20.0 Å². The minimum absolute atomic E-state index is 0. The van der Waals surface area contributed by atoms with E-state index in [4.69, 9.17) is 42.1 Å². The fourth-order valence-corrected chi connectivity index (χ4v) is 5.57. The standard InChI is InChI=1S/2C18H21ClN2O4.Cu/c2*1-6-24-17(22)14-9(3)12(20-11(14)5)8-13-15(18(23)25-7-2)10(4)16(19)21-13;/h2*8,23H,6-7H2,1-5H3;/q;;+2/p-2/b2*12-8?,18-15+;. The van der Waals surface area contributed by atoms with Crippen LogP contribution in [-0.4, -0.2) is 61.2 Å². The van der Waals surface area contributed by atoms with Gasteiger partial charge >= 0.3 is 29.0 Å². The Morgan fingerprint density at radius 3 is 1.18 bits per heavy atom. The molecule has 0 amide bonds. The Labute approximate surface area is 318 Å². The predicted molar refractivity (Wildman–Crippen MR) is 190 cm³/mol. The summed E-state index contributed by atoms with van der Waals surface area (Å²) in [5.74, 6) is -1.81. The zero-order valence-corrected chi connectivity index (χ0v) is 32.5. The third kappa shape index (κ3) is 9.59. The van der Waals surface area contributed by atoms with Crippen LogP contribution in [0.5, 0.6) is 0 Å². The van der Waals surface area contributed by atoms with Crippen molar-refractivity contribution < 1.29 is 55.8 Å². The molecular weight excluding hydrogens is 751 g/mol. The SMILES string of the molecule is CCOC(=O)C1=C(C)C(=CC2=NC(Cl)=C(C)/C2=C(/[O-])OCC)N=C1C.CCOC(=O)C1=C(C)C(=CC2=NC(Cl)=C(C)/C2=C(/[O-])OCC)N=C1C.[Cu+2]. The van der Waals surface area contributed by atoms with E-state index in [0.29, 0.717) is 78.8 Å². The van der Waals surface area contributed by atoms with Gasteiger partial charge in [-0.2, -0.15) is 0 Å². The van der Waals surface area contributed by atoms with Crippen molar-refractivity contribution >= 4 is 58.0 Å². The number of esters is 2. The van der Waals surface area contributed by atoms with Crippen LogP contribution >= 0.6 is 23.2 Å². The van der Waals surface area contributed by atoms with Crippen molar-refractivity contribution in [3.05, 3.63) is 90.3 Å². The Balaban J connectivity index is 0.000000347. The smallest absolute Gasteiger partial charge is 0.613 e. The molecule has 0 spiro atoms. The first-order valence-corrected chi connectivity index (χ1v) is 16.7. The molecule has 51 heavy (non-hydrogen) atoms. The molecule has 0 aromatic carbocycles. The minimum Gasteiger partial charge on any atom is -0.613 e. The zero-order valence-electron chi connectivity index (χ0n) is 30.1. The summed E-state index contributed by atoms with van der Waals surface area (Å²) in [5.41, 5.74) is 6.88. The third-order valence-corrected chi connectivity index (χ3v) is 8.34. The van der Waals surface area contributed by atoms with Gasteiger partial charge in [0.2, 0.25) is 0 Å². The molecular formula is C36H40Cl2CuN4O8. The van der Waals surface area contributed by atoms with Crippen LogP contribution in [0.1, 0.15) is 69.2 Å². The predicted octanol–water partition coefficient (Wildman–Crippen LogP) is 5.51. The summed E-state index contributed by atoms with van der Waals surface area (Å²) in [6.45, 7) is 18.5. The van der Waals surface area contributed by atoms with Gasteiger partial charge in [-0.3, -0.25) is 9.98 Å². The summed E-state index contributed by atoms with van der Waals surface area (Å²) in [5, 5.41) is 24.9. The maximum absolute atomic E-state index is 12.2. The minimum atomic E-state index is -0.489. The molecule has 0 saturated carbocycles. The number of rotatable bonds is 10. The molecule has 4 rings (SSSR count). The van der Waals surface area contributed by atoms with Crippen LogP contribution in [0.2, 0.25) is 0 Å². The Hall–Kier alpha value is -4.16. The van der Waals surface area contributed by atoms with Gasteiger partial charge in [0, 0.05) is 11.1 Å². The summed E-state index contributed by atoms with van der Waals surface area (Å²) in [6, 6.07) is 0. The number of hydrogen-bond donors (Lipinski definition) is 0. The van der Waals surface area contributed by atoms with Crippen LogP contribution < -0.4 is 10.2 Å². The molecule has 0 atom stereocenters. The van der Waals surface area contributed by atoms with Crippen LogP contribution in [0.25, 0.3) is 0 Å². The van der Waals surface area contributed by atoms with Gasteiger partial charge < -0.3 is 29.2 Å². The number of carbonyl (C=O) groups is 2. The monoisotopic (exact) mass is 789 g/mol. The van der Waals surface area contributed by atoms with Crippen LogP contribution in [0.4, 0.5) is 0 Å². The third-order valence-electron chi connectivity index (χ3n) is 7.60. The van der Waals surface area contributed by atoms with Gasteiger partial charge in [-0.05, 0) is 103 Å². The number of allylic oxidation sites excluding steroid dienone is 8. The number of halogens is 2. The molecule has 277 valence electrons. The average molecular weight is 791 g/mol. The summed E-state index contributed by atoms with van der Waals surface area (Å²) >= 11 is 12.2. The number of aliphatic imine (C=N–C) groups is 4. The number of ether oxygens (including phenoxy) is 4. The van der Waals surface area contributed by atoms with Crippen LogP contribution in [0, 0.1) is 0 Å². The zero-order chi connectivity index (χ0) is 37.4. The second-order valence-corrected chi connectivity index (χ2v) is 11.6. The Kier molecular flexibility index (Phi) is 15.9. The molecule has 0 aliphatic carbocycles. The van der Waals surface area contributed by atoms with Gasteiger partial charge in [0.25, 0.3) is 0 Å². The van der Waals surface area contributed by atoms with E-state index in [1.54, 1.807) is 81.4 Å².